The quantitative estimate of drug-likeness (QED) is 0.717. The van der Waals surface area contributed by atoms with Crippen LogP contribution in [0.25, 0.3) is 0 Å². The molecule has 2 saturated heterocycles. The minimum Gasteiger partial charge on any atom is -0.373 e. The molecule has 2 aliphatic heterocycles. The highest BCUT2D eigenvalue weighted by Crippen LogP contribution is 2.26. The van der Waals surface area contributed by atoms with E-state index in [2.05, 4.69) is 4.90 Å². The van der Waals surface area contributed by atoms with Crippen LogP contribution in [0, 0.1) is 0 Å². The lowest BCUT2D eigenvalue weighted by molar-refractivity contribution is -0.137. The smallest absolute Gasteiger partial charge is 0.243 e. The number of benzene rings is 1. The summed E-state index contributed by atoms with van der Waals surface area (Å²) in [7, 11) is -3.52. The van der Waals surface area contributed by atoms with Gasteiger partial charge in [0, 0.05) is 39.3 Å². The lowest BCUT2D eigenvalue weighted by atomic mass is 9.92. The van der Waals surface area contributed by atoms with E-state index in [4.69, 9.17) is 4.74 Å². The summed E-state index contributed by atoms with van der Waals surface area (Å²) >= 11 is 0. The van der Waals surface area contributed by atoms with Gasteiger partial charge in [-0.1, -0.05) is 6.07 Å². The van der Waals surface area contributed by atoms with Crippen molar-refractivity contribution in [2.45, 2.75) is 56.6 Å². The SMILES string of the molecule is CC1CN(CC(=O)N2CCN(S(=O)(=O)c3ccc4c(c3)CCCC4)CC2)CC(C)O1. The van der Waals surface area contributed by atoms with Crippen molar-refractivity contribution in [3.8, 4) is 0 Å². The van der Waals surface area contributed by atoms with Gasteiger partial charge in [-0.3, -0.25) is 9.69 Å². The van der Waals surface area contributed by atoms with Crippen LogP contribution in [0.3, 0.4) is 0 Å². The van der Waals surface area contributed by atoms with Crippen molar-refractivity contribution < 1.29 is 17.9 Å². The number of rotatable bonds is 4. The zero-order valence-electron chi connectivity index (χ0n) is 18.0. The molecule has 2 heterocycles. The van der Waals surface area contributed by atoms with Crippen LogP contribution in [0.1, 0.15) is 37.8 Å². The molecule has 2 unspecified atom stereocenters. The zero-order valence-corrected chi connectivity index (χ0v) is 18.9. The fourth-order valence-corrected chi connectivity index (χ4v) is 6.38. The maximum atomic E-state index is 13.1. The summed E-state index contributed by atoms with van der Waals surface area (Å²) in [6.45, 7) is 7.51. The molecule has 0 spiro atoms. The number of piperazine rings is 1. The van der Waals surface area contributed by atoms with Crippen LogP contribution in [0.2, 0.25) is 0 Å². The van der Waals surface area contributed by atoms with Gasteiger partial charge < -0.3 is 9.64 Å². The molecular weight excluding hydrogens is 402 g/mol. The van der Waals surface area contributed by atoms with Crippen molar-refractivity contribution in [1.29, 1.82) is 0 Å². The monoisotopic (exact) mass is 435 g/mol. The van der Waals surface area contributed by atoms with Gasteiger partial charge in [0.1, 0.15) is 0 Å². The van der Waals surface area contributed by atoms with Gasteiger partial charge in [0.05, 0.1) is 23.6 Å². The van der Waals surface area contributed by atoms with E-state index in [1.807, 2.05) is 26.0 Å². The maximum absolute atomic E-state index is 13.1. The molecule has 0 bridgehead atoms. The molecule has 4 rings (SSSR count). The Morgan fingerprint density at radius 1 is 1.00 bits per heavy atom. The number of aryl methyl sites for hydroxylation is 2. The van der Waals surface area contributed by atoms with E-state index < -0.39 is 10.0 Å². The van der Waals surface area contributed by atoms with Gasteiger partial charge in [-0.25, -0.2) is 8.42 Å². The number of fused-ring (bicyclic) bond motifs is 1. The highest BCUT2D eigenvalue weighted by molar-refractivity contribution is 7.89. The molecule has 0 saturated carbocycles. The van der Waals surface area contributed by atoms with Crippen molar-refractivity contribution in [3.05, 3.63) is 29.3 Å². The molecule has 30 heavy (non-hydrogen) atoms. The summed E-state index contributed by atoms with van der Waals surface area (Å²) in [6.07, 6.45) is 4.55. The first-order valence-electron chi connectivity index (χ1n) is 11.1. The summed E-state index contributed by atoms with van der Waals surface area (Å²) in [5.41, 5.74) is 2.45. The maximum Gasteiger partial charge on any atom is 0.243 e. The third-order valence-electron chi connectivity index (χ3n) is 6.40. The number of nitrogens with zero attached hydrogens (tertiary/aromatic N) is 3. The van der Waals surface area contributed by atoms with Crippen LogP contribution in [0.5, 0.6) is 0 Å². The first-order chi connectivity index (χ1) is 14.3. The molecule has 1 aromatic carbocycles. The summed E-state index contributed by atoms with van der Waals surface area (Å²) < 4.78 is 33.5. The van der Waals surface area contributed by atoms with Gasteiger partial charge in [-0.05, 0) is 62.8 Å². The van der Waals surface area contributed by atoms with E-state index in [0.29, 0.717) is 37.6 Å². The summed E-state index contributed by atoms with van der Waals surface area (Å²) in [4.78, 5) is 17.1. The number of sulfonamides is 1. The summed E-state index contributed by atoms with van der Waals surface area (Å²) in [5, 5.41) is 0. The first-order valence-corrected chi connectivity index (χ1v) is 12.5. The van der Waals surface area contributed by atoms with Crippen molar-refractivity contribution >= 4 is 15.9 Å². The number of amides is 1. The van der Waals surface area contributed by atoms with Gasteiger partial charge in [-0.2, -0.15) is 4.31 Å². The van der Waals surface area contributed by atoms with E-state index in [9.17, 15) is 13.2 Å². The number of hydrogen-bond acceptors (Lipinski definition) is 5. The van der Waals surface area contributed by atoms with Crippen LogP contribution in [-0.2, 0) is 32.4 Å². The van der Waals surface area contributed by atoms with E-state index in [1.54, 1.807) is 11.0 Å². The number of carbonyl (C=O) groups is 1. The topological polar surface area (TPSA) is 70.2 Å². The lowest BCUT2D eigenvalue weighted by Gasteiger charge is -2.38. The predicted octanol–water partition coefficient (Wildman–Crippen LogP) is 1.51. The fraction of sp³-hybridized carbons (Fsp3) is 0.682. The van der Waals surface area contributed by atoms with Gasteiger partial charge in [-0.15, -0.1) is 0 Å². The predicted molar refractivity (Wildman–Crippen MR) is 115 cm³/mol. The second kappa shape index (κ2) is 8.94. The fourth-order valence-electron chi connectivity index (χ4n) is 4.90. The molecule has 1 aliphatic carbocycles. The second-order valence-electron chi connectivity index (χ2n) is 8.87. The third-order valence-corrected chi connectivity index (χ3v) is 8.30. The van der Waals surface area contributed by atoms with Crippen LogP contribution in [0.15, 0.2) is 23.1 Å². The average Bonchev–Trinajstić information content (AvgIpc) is 2.72. The minimum atomic E-state index is -3.52. The molecule has 2 atom stereocenters. The van der Waals surface area contributed by atoms with Crippen LogP contribution < -0.4 is 0 Å². The highest BCUT2D eigenvalue weighted by Gasteiger charge is 2.32. The Bertz CT molecular complexity index is 870. The Morgan fingerprint density at radius 2 is 1.63 bits per heavy atom. The third kappa shape index (κ3) is 4.72. The van der Waals surface area contributed by atoms with Crippen molar-refractivity contribution in [2.24, 2.45) is 0 Å². The molecule has 0 aromatic heterocycles. The molecule has 2 fully saturated rings. The second-order valence-corrected chi connectivity index (χ2v) is 10.8. The molecule has 1 amide bonds. The molecular formula is C22H33N3O4S. The Hall–Kier alpha value is -1.48. The van der Waals surface area contributed by atoms with Crippen LogP contribution in [-0.4, -0.2) is 86.5 Å². The summed E-state index contributed by atoms with van der Waals surface area (Å²) in [5.74, 6) is 0.0714. The summed E-state index contributed by atoms with van der Waals surface area (Å²) in [6, 6.07) is 5.59. The van der Waals surface area contributed by atoms with Crippen molar-refractivity contribution in [1.82, 2.24) is 14.1 Å². The lowest BCUT2D eigenvalue weighted by Crippen LogP contribution is -2.54. The molecule has 166 valence electrons. The molecule has 3 aliphatic rings. The Morgan fingerprint density at radius 3 is 2.30 bits per heavy atom. The Labute approximate surface area is 180 Å². The minimum absolute atomic E-state index is 0.0714. The van der Waals surface area contributed by atoms with Crippen molar-refractivity contribution in [3.63, 3.8) is 0 Å². The number of ether oxygens (including phenoxy) is 1. The standard InChI is InChI=1S/C22H33N3O4S/c1-17-14-23(15-18(2)29-17)16-22(26)24-9-11-25(12-10-24)30(27,28)21-8-7-19-5-3-4-6-20(19)13-21/h7-8,13,17-18H,3-6,9-12,14-16H2,1-2H3. The number of carbonyl (C=O) groups excluding carboxylic acids is 1. The van der Waals surface area contributed by atoms with Gasteiger partial charge in [0.25, 0.3) is 0 Å². The zero-order chi connectivity index (χ0) is 21.3. The van der Waals surface area contributed by atoms with Gasteiger partial charge >= 0.3 is 0 Å². The van der Waals surface area contributed by atoms with E-state index in [-0.39, 0.29) is 18.1 Å². The Kier molecular flexibility index (Phi) is 6.48. The largest absolute Gasteiger partial charge is 0.373 e. The number of hydrogen-bond donors (Lipinski definition) is 0. The van der Waals surface area contributed by atoms with Gasteiger partial charge in [0.2, 0.25) is 15.9 Å². The van der Waals surface area contributed by atoms with E-state index >= 15 is 0 Å². The van der Waals surface area contributed by atoms with Gasteiger partial charge in [0.15, 0.2) is 0 Å². The molecule has 0 N–H and O–H groups in total. The number of morpholine rings is 1. The molecule has 0 radical (unpaired) electrons. The van der Waals surface area contributed by atoms with Crippen molar-refractivity contribution in [2.75, 3.05) is 45.8 Å². The van der Waals surface area contributed by atoms with E-state index in [0.717, 1.165) is 32.4 Å². The highest BCUT2D eigenvalue weighted by atomic mass is 32.2. The average molecular weight is 436 g/mol. The normalized spacial score (nSPS) is 26.4. The first kappa shape index (κ1) is 21.7. The molecule has 1 aromatic rings. The van der Waals surface area contributed by atoms with E-state index in [1.165, 1.54) is 21.9 Å². The molecule has 7 nitrogen and oxygen atoms in total. The molecule has 8 heteroatoms. The Balaban J connectivity index is 1.35. The van der Waals surface area contributed by atoms with Crippen LogP contribution >= 0.6 is 0 Å². The van der Waals surface area contributed by atoms with Crippen LogP contribution in [0.4, 0.5) is 0 Å².